The lowest BCUT2D eigenvalue weighted by atomic mass is 10.1. The Kier molecular flexibility index (Phi) is 5.32. The number of hydrogen-bond acceptors (Lipinski definition) is 3. The molecular weight excluding hydrogens is 190 g/mol. The van der Waals surface area contributed by atoms with E-state index in [9.17, 15) is 0 Å². The second kappa shape index (κ2) is 6.56. The van der Waals surface area contributed by atoms with Crippen molar-refractivity contribution < 1.29 is 9.47 Å². The first-order valence-corrected chi connectivity index (χ1v) is 5.13. The minimum atomic E-state index is -0.311. The average molecular weight is 209 g/mol. The zero-order valence-corrected chi connectivity index (χ0v) is 9.35. The highest BCUT2D eigenvalue weighted by molar-refractivity contribution is 5.14. The van der Waals surface area contributed by atoms with Crippen LogP contribution >= 0.6 is 0 Å². The fraction of sp³-hybridized carbons (Fsp3) is 0.500. The minimum Gasteiger partial charge on any atom is -0.354 e. The number of rotatable bonds is 6. The second-order valence-electron chi connectivity index (χ2n) is 3.53. The van der Waals surface area contributed by atoms with Gasteiger partial charge in [0.25, 0.3) is 0 Å². The molecule has 15 heavy (non-hydrogen) atoms. The van der Waals surface area contributed by atoms with Gasteiger partial charge in [0, 0.05) is 14.2 Å². The number of benzene rings is 1. The van der Waals surface area contributed by atoms with Crippen molar-refractivity contribution in [1.82, 2.24) is 0 Å². The van der Waals surface area contributed by atoms with Crippen molar-refractivity contribution in [2.24, 2.45) is 5.73 Å². The number of nitrogens with two attached hydrogens (primary N) is 1. The van der Waals surface area contributed by atoms with Gasteiger partial charge >= 0.3 is 0 Å². The van der Waals surface area contributed by atoms with Gasteiger partial charge in [-0.3, -0.25) is 0 Å². The molecule has 0 unspecified atom stereocenters. The molecule has 0 bridgehead atoms. The summed E-state index contributed by atoms with van der Waals surface area (Å²) in [5.74, 6) is 0. The largest absolute Gasteiger partial charge is 0.354 e. The Morgan fingerprint density at radius 1 is 1.13 bits per heavy atom. The highest BCUT2D eigenvalue weighted by Crippen LogP contribution is 2.07. The Morgan fingerprint density at radius 2 is 1.73 bits per heavy atom. The van der Waals surface area contributed by atoms with E-state index in [4.69, 9.17) is 15.2 Å². The first-order valence-electron chi connectivity index (χ1n) is 5.13. The van der Waals surface area contributed by atoms with Gasteiger partial charge in [-0.05, 0) is 18.4 Å². The second-order valence-corrected chi connectivity index (χ2v) is 3.53. The predicted octanol–water partition coefficient (Wildman–Crippen LogP) is 1.57. The standard InChI is InChI=1S/C12H19NO2/c1-14-12(15-2)11(13)9-8-10-6-4-3-5-7-10/h3-7,11-12H,8-9,13H2,1-2H3/t11-/m0/s1. The maximum Gasteiger partial charge on any atom is 0.171 e. The van der Waals surface area contributed by atoms with Crippen molar-refractivity contribution in [3.05, 3.63) is 35.9 Å². The van der Waals surface area contributed by atoms with Gasteiger partial charge in [-0.2, -0.15) is 0 Å². The highest BCUT2D eigenvalue weighted by Gasteiger charge is 2.15. The fourth-order valence-electron chi connectivity index (χ4n) is 1.56. The van der Waals surface area contributed by atoms with Gasteiger partial charge < -0.3 is 15.2 Å². The van der Waals surface area contributed by atoms with Crippen molar-refractivity contribution in [2.75, 3.05) is 14.2 Å². The summed E-state index contributed by atoms with van der Waals surface area (Å²) in [7, 11) is 3.22. The summed E-state index contributed by atoms with van der Waals surface area (Å²) in [6.07, 6.45) is 1.50. The summed E-state index contributed by atoms with van der Waals surface area (Å²) < 4.78 is 10.2. The van der Waals surface area contributed by atoms with E-state index in [2.05, 4.69) is 12.1 Å². The SMILES string of the molecule is COC(OC)[C@@H](N)CCc1ccccc1. The first-order chi connectivity index (χ1) is 7.27. The Balaban J connectivity index is 2.36. The lowest BCUT2D eigenvalue weighted by Gasteiger charge is -2.20. The maximum atomic E-state index is 5.94. The summed E-state index contributed by atoms with van der Waals surface area (Å²) in [5, 5.41) is 0. The third-order valence-electron chi connectivity index (χ3n) is 2.42. The molecule has 0 aromatic heterocycles. The summed E-state index contributed by atoms with van der Waals surface area (Å²) in [6, 6.07) is 10.2. The smallest absolute Gasteiger partial charge is 0.171 e. The molecule has 0 aliphatic heterocycles. The maximum absolute atomic E-state index is 5.94. The van der Waals surface area contributed by atoms with E-state index < -0.39 is 0 Å². The van der Waals surface area contributed by atoms with E-state index in [1.165, 1.54) is 5.56 Å². The van der Waals surface area contributed by atoms with Crippen LogP contribution in [0.5, 0.6) is 0 Å². The van der Waals surface area contributed by atoms with Gasteiger partial charge in [0.1, 0.15) is 0 Å². The van der Waals surface area contributed by atoms with Gasteiger partial charge in [-0.15, -0.1) is 0 Å². The van der Waals surface area contributed by atoms with E-state index in [0.717, 1.165) is 12.8 Å². The van der Waals surface area contributed by atoms with Crippen molar-refractivity contribution in [2.45, 2.75) is 25.2 Å². The molecule has 1 aromatic carbocycles. The zero-order chi connectivity index (χ0) is 11.1. The molecule has 0 heterocycles. The van der Waals surface area contributed by atoms with Crippen LogP contribution in [0, 0.1) is 0 Å². The molecular formula is C12H19NO2. The molecule has 1 atom stereocenters. The molecule has 0 saturated heterocycles. The molecule has 2 N–H and O–H groups in total. The number of methoxy groups -OCH3 is 2. The van der Waals surface area contributed by atoms with E-state index >= 15 is 0 Å². The lowest BCUT2D eigenvalue weighted by molar-refractivity contribution is -0.117. The minimum absolute atomic E-state index is 0.0831. The number of hydrogen-bond donors (Lipinski definition) is 1. The van der Waals surface area contributed by atoms with E-state index in [1.807, 2.05) is 18.2 Å². The molecule has 0 radical (unpaired) electrons. The predicted molar refractivity (Wildman–Crippen MR) is 60.5 cm³/mol. The van der Waals surface area contributed by atoms with Crippen LogP contribution in [0.25, 0.3) is 0 Å². The Hall–Kier alpha value is -0.900. The van der Waals surface area contributed by atoms with Crippen molar-refractivity contribution in [3.8, 4) is 0 Å². The zero-order valence-electron chi connectivity index (χ0n) is 9.35. The van der Waals surface area contributed by atoms with Crippen LogP contribution in [0.3, 0.4) is 0 Å². The molecule has 0 aliphatic carbocycles. The van der Waals surface area contributed by atoms with Crippen LogP contribution in [0.2, 0.25) is 0 Å². The molecule has 0 spiro atoms. The van der Waals surface area contributed by atoms with Crippen LogP contribution in [0.15, 0.2) is 30.3 Å². The summed E-state index contributed by atoms with van der Waals surface area (Å²) in [6.45, 7) is 0. The lowest BCUT2D eigenvalue weighted by Crippen LogP contribution is -2.37. The van der Waals surface area contributed by atoms with E-state index in [0.29, 0.717) is 0 Å². The van der Waals surface area contributed by atoms with Crippen LogP contribution in [0.4, 0.5) is 0 Å². The van der Waals surface area contributed by atoms with Crippen molar-refractivity contribution in [3.63, 3.8) is 0 Å². The summed E-state index contributed by atoms with van der Waals surface area (Å²) >= 11 is 0. The molecule has 0 aliphatic rings. The van der Waals surface area contributed by atoms with Gasteiger partial charge in [-0.1, -0.05) is 30.3 Å². The van der Waals surface area contributed by atoms with Gasteiger partial charge in [0.2, 0.25) is 0 Å². The Labute approximate surface area is 91.2 Å². The molecule has 1 aromatic rings. The van der Waals surface area contributed by atoms with Crippen LogP contribution < -0.4 is 5.73 Å². The van der Waals surface area contributed by atoms with E-state index in [1.54, 1.807) is 14.2 Å². The van der Waals surface area contributed by atoms with E-state index in [-0.39, 0.29) is 12.3 Å². The van der Waals surface area contributed by atoms with Gasteiger partial charge in [-0.25, -0.2) is 0 Å². The normalized spacial score (nSPS) is 13.1. The molecule has 3 nitrogen and oxygen atoms in total. The quantitative estimate of drug-likeness (QED) is 0.723. The number of ether oxygens (including phenoxy) is 2. The molecule has 84 valence electrons. The first kappa shape index (κ1) is 12.2. The third-order valence-corrected chi connectivity index (χ3v) is 2.42. The molecule has 3 heteroatoms. The molecule has 0 fully saturated rings. The van der Waals surface area contributed by atoms with Crippen molar-refractivity contribution in [1.29, 1.82) is 0 Å². The topological polar surface area (TPSA) is 44.5 Å². The Morgan fingerprint density at radius 3 is 2.27 bits per heavy atom. The van der Waals surface area contributed by atoms with Crippen molar-refractivity contribution >= 4 is 0 Å². The molecule has 1 rings (SSSR count). The van der Waals surface area contributed by atoms with Crippen LogP contribution in [-0.2, 0) is 15.9 Å². The monoisotopic (exact) mass is 209 g/mol. The summed E-state index contributed by atoms with van der Waals surface area (Å²) in [4.78, 5) is 0. The highest BCUT2D eigenvalue weighted by atomic mass is 16.7. The molecule has 0 saturated carbocycles. The van der Waals surface area contributed by atoms with Gasteiger partial charge in [0.05, 0.1) is 6.04 Å². The molecule has 0 amide bonds. The van der Waals surface area contributed by atoms with Crippen LogP contribution in [-0.4, -0.2) is 26.6 Å². The fourth-order valence-corrected chi connectivity index (χ4v) is 1.56. The average Bonchev–Trinajstić information content (AvgIpc) is 2.29. The number of aryl methyl sites for hydroxylation is 1. The van der Waals surface area contributed by atoms with Crippen LogP contribution in [0.1, 0.15) is 12.0 Å². The third kappa shape index (κ3) is 4.00. The van der Waals surface area contributed by atoms with Gasteiger partial charge in [0.15, 0.2) is 6.29 Å². The summed E-state index contributed by atoms with van der Waals surface area (Å²) in [5.41, 5.74) is 7.23. The Bertz CT molecular complexity index is 260.